The molecule has 138 valence electrons. The molecule has 5 nitrogen and oxygen atoms in total. The Kier molecular flexibility index (Phi) is 9.81. The van der Waals surface area contributed by atoms with Crippen molar-refractivity contribution < 1.29 is 4.74 Å². The van der Waals surface area contributed by atoms with Gasteiger partial charge in [-0.15, -0.1) is 35.3 Å². The predicted molar refractivity (Wildman–Crippen MR) is 116 cm³/mol. The normalized spacial score (nSPS) is 11.0. The van der Waals surface area contributed by atoms with Crippen molar-refractivity contribution >= 4 is 41.3 Å². The zero-order valence-electron chi connectivity index (χ0n) is 15.3. The molecule has 0 saturated carbocycles. The number of hydrogen-bond donors (Lipinski definition) is 1. The van der Waals surface area contributed by atoms with E-state index in [0.717, 1.165) is 42.0 Å². The van der Waals surface area contributed by atoms with Crippen molar-refractivity contribution in [1.29, 1.82) is 0 Å². The number of benzene rings is 1. The number of hydrogen-bond acceptors (Lipinski definition) is 4. The van der Waals surface area contributed by atoms with E-state index in [4.69, 9.17) is 4.74 Å². The lowest BCUT2D eigenvalue weighted by Gasteiger charge is -2.21. The fourth-order valence-electron chi connectivity index (χ4n) is 2.33. The third-order valence-electron chi connectivity index (χ3n) is 3.46. The summed E-state index contributed by atoms with van der Waals surface area (Å²) in [6, 6.07) is 8.17. The Morgan fingerprint density at radius 3 is 2.84 bits per heavy atom. The average Bonchev–Trinajstić information content (AvgIpc) is 2.98. The molecule has 0 amide bonds. The smallest absolute Gasteiger partial charge is 0.194 e. The van der Waals surface area contributed by atoms with Crippen molar-refractivity contribution in [2.24, 2.45) is 4.99 Å². The Labute approximate surface area is 171 Å². The third-order valence-corrected chi connectivity index (χ3v) is 4.28. The van der Waals surface area contributed by atoms with E-state index in [1.807, 2.05) is 26.1 Å². The molecule has 0 aliphatic carbocycles. The zero-order valence-corrected chi connectivity index (χ0v) is 18.4. The first-order valence-corrected chi connectivity index (χ1v) is 9.05. The van der Waals surface area contributed by atoms with Gasteiger partial charge in [0.25, 0.3) is 0 Å². The lowest BCUT2D eigenvalue weighted by molar-refractivity contribution is 0.317. The minimum Gasteiger partial charge on any atom is -0.494 e. The maximum atomic E-state index is 5.68. The Hall–Kier alpha value is -1.35. The Bertz CT molecular complexity index is 675. The highest BCUT2D eigenvalue weighted by molar-refractivity contribution is 14.0. The van der Waals surface area contributed by atoms with E-state index >= 15 is 0 Å². The van der Waals surface area contributed by atoms with Gasteiger partial charge in [0.2, 0.25) is 0 Å². The topological polar surface area (TPSA) is 49.8 Å². The summed E-state index contributed by atoms with van der Waals surface area (Å²) < 4.78 is 5.68. The second-order valence-electron chi connectivity index (χ2n) is 5.61. The number of aliphatic imine (C=N–C) groups is 1. The monoisotopic (exact) mass is 474 g/mol. The second kappa shape index (κ2) is 11.3. The predicted octanol–water partition coefficient (Wildman–Crippen LogP) is 4.07. The van der Waals surface area contributed by atoms with Crippen LogP contribution in [0.3, 0.4) is 0 Å². The number of aryl methyl sites for hydroxylation is 1. The number of rotatable bonds is 7. The molecule has 0 bridgehead atoms. The maximum Gasteiger partial charge on any atom is 0.194 e. The number of halogens is 1. The van der Waals surface area contributed by atoms with E-state index in [2.05, 4.69) is 44.6 Å². The number of nitrogens with zero attached hydrogens (tertiary/aromatic N) is 3. The molecule has 0 spiro atoms. The van der Waals surface area contributed by atoms with Gasteiger partial charge in [-0.05, 0) is 31.0 Å². The fourth-order valence-corrected chi connectivity index (χ4v) is 2.93. The first kappa shape index (κ1) is 21.7. The van der Waals surface area contributed by atoms with E-state index in [1.165, 1.54) is 5.56 Å². The molecule has 0 unspecified atom stereocenters. The number of thiazole rings is 1. The van der Waals surface area contributed by atoms with Crippen molar-refractivity contribution in [2.75, 3.05) is 20.7 Å². The molecule has 1 aromatic heterocycles. The highest BCUT2D eigenvalue weighted by Crippen LogP contribution is 2.14. The number of aromatic nitrogens is 1. The van der Waals surface area contributed by atoms with Gasteiger partial charge in [0.15, 0.2) is 5.96 Å². The molecule has 0 saturated heterocycles. The van der Waals surface area contributed by atoms with Gasteiger partial charge in [0.1, 0.15) is 5.75 Å². The van der Waals surface area contributed by atoms with Crippen molar-refractivity contribution in [2.45, 2.75) is 33.4 Å². The van der Waals surface area contributed by atoms with E-state index in [9.17, 15) is 0 Å². The van der Waals surface area contributed by atoms with Gasteiger partial charge < -0.3 is 15.0 Å². The number of ether oxygens (including phenoxy) is 1. The summed E-state index contributed by atoms with van der Waals surface area (Å²) >= 11 is 1.67. The van der Waals surface area contributed by atoms with Crippen LogP contribution in [0.25, 0.3) is 0 Å². The van der Waals surface area contributed by atoms with Crippen LogP contribution in [0.5, 0.6) is 5.75 Å². The molecule has 2 aromatic rings. The quantitative estimate of drug-likeness (QED) is 0.374. The van der Waals surface area contributed by atoms with Crippen molar-refractivity contribution in [3.63, 3.8) is 0 Å². The Morgan fingerprint density at radius 2 is 2.20 bits per heavy atom. The highest BCUT2D eigenvalue weighted by Gasteiger charge is 2.08. The lowest BCUT2D eigenvalue weighted by Crippen LogP contribution is -2.38. The van der Waals surface area contributed by atoms with Crippen LogP contribution in [0.1, 0.15) is 29.6 Å². The van der Waals surface area contributed by atoms with Gasteiger partial charge in [-0.25, -0.2) is 4.98 Å². The second-order valence-corrected chi connectivity index (χ2v) is 6.67. The first-order valence-electron chi connectivity index (χ1n) is 8.17. The van der Waals surface area contributed by atoms with Gasteiger partial charge in [-0.3, -0.25) is 4.99 Å². The van der Waals surface area contributed by atoms with E-state index in [-0.39, 0.29) is 24.0 Å². The fraction of sp³-hybridized carbons (Fsp3) is 0.444. The summed E-state index contributed by atoms with van der Waals surface area (Å²) in [5.41, 5.74) is 2.24. The van der Waals surface area contributed by atoms with Crippen molar-refractivity contribution in [3.05, 3.63) is 45.9 Å². The molecule has 0 atom stereocenters. The van der Waals surface area contributed by atoms with Crippen LogP contribution < -0.4 is 10.1 Å². The number of nitrogens with one attached hydrogen (secondary N) is 1. The molecule has 25 heavy (non-hydrogen) atoms. The first-order chi connectivity index (χ1) is 11.6. The van der Waals surface area contributed by atoms with E-state index in [0.29, 0.717) is 6.54 Å². The van der Waals surface area contributed by atoms with Crippen molar-refractivity contribution in [3.8, 4) is 5.75 Å². The molecule has 2 rings (SSSR count). The van der Waals surface area contributed by atoms with Crippen LogP contribution in [0.4, 0.5) is 0 Å². The van der Waals surface area contributed by atoms with Gasteiger partial charge >= 0.3 is 0 Å². The Balaban J connectivity index is 0.00000312. The van der Waals surface area contributed by atoms with Crippen LogP contribution in [0.2, 0.25) is 0 Å². The largest absolute Gasteiger partial charge is 0.494 e. The summed E-state index contributed by atoms with van der Waals surface area (Å²) in [5, 5.41) is 6.57. The van der Waals surface area contributed by atoms with Gasteiger partial charge in [0.05, 0.1) is 23.9 Å². The number of guanidine groups is 1. The standard InChI is InChI=1S/C18H26N4OS.HI/c1-5-9-23-17-8-6-7-15(10-17)11-20-18(19-3)22(4)12-16-13-24-14(2)21-16;/h6-8,10,13H,5,9,11-12H2,1-4H3,(H,19,20);1H. The molecule has 1 N–H and O–H groups in total. The molecule has 0 aliphatic rings. The summed E-state index contributed by atoms with van der Waals surface area (Å²) in [5.74, 6) is 1.76. The van der Waals surface area contributed by atoms with Gasteiger partial charge in [0, 0.05) is 26.0 Å². The molecular weight excluding hydrogens is 447 g/mol. The summed E-state index contributed by atoms with van der Waals surface area (Å²) in [7, 11) is 3.82. The molecule has 1 aromatic carbocycles. The minimum absolute atomic E-state index is 0. The minimum atomic E-state index is 0. The molecular formula is C18H27IN4OS. The average molecular weight is 474 g/mol. The van der Waals surface area contributed by atoms with Crippen LogP contribution >= 0.6 is 35.3 Å². The molecule has 0 radical (unpaired) electrons. The van der Waals surface area contributed by atoms with Crippen molar-refractivity contribution in [1.82, 2.24) is 15.2 Å². The van der Waals surface area contributed by atoms with Crippen LogP contribution in [-0.2, 0) is 13.1 Å². The lowest BCUT2D eigenvalue weighted by atomic mass is 10.2. The highest BCUT2D eigenvalue weighted by atomic mass is 127. The van der Waals surface area contributed by atoms with Crippen LogP contribution in [0, 0.1) is 6.92 Å². The molecule has 0 aliphatic heterocycles. The third kappa shape index (κ3) is 7.19. The zero-order chi connectivity index (χ0) is 17.4. The van der Waals surface area contributed by atoms with Gasteiger partial charge in [-0.2, -0.15) is 0 Å². The summed E-state index contributed by atoms with van der Waals surface area (Å²) in [4.78, 5) is 10.9. The molecule has 1 heterocycles. The van der Waals surface area contributed by atoms with E-state index in [1.54, 1.807) is 18.4 Å². The summed E-state index contributed by atoms with van der Waals surface area (Å²) in [6.07, 6.45) is 1.01. The Morgan fingerprint density at radius 1 is 1.40 bits per heavy atom. The molecule has 7 heteroatoms. The van der Waals surface area contributed by atoms with Crippen LogP contribution in [0.15, 0.2) is 34.6 Å². The SMILES string of the molecule is CCCOc1cccc(CNC(=NC)N(C)Cc2csc(C)n2)c1.I. The maximum absolute atomic E-state index is 5.68. The summed E-state index contributed by atoms with van der Waals surface area (Å²) in [6.45, 7) is 6.32. The van der Waals surface area contributed by atoms with Crippen LogP contribution in [-0.4, -0.2) is 36.5 Å². The van der Waals surface area contributed by atoms with E-state index < -0.39 is 0 Å². The van der Waals surface area contributed by atoms with Gasteiger partial charge in [-0.1, -0.05) is 19.1 Å². The molecule has 0 fully saturated rings.